The van der Waals surface area contributed by atoms with Gasteiger partial charge < -0.3 is 10.7 Å². The van der Waals surface area contributed by atoms with Gasteiger partial charge in [-0.15, -0.1) is 0 Å². The van der Waals surface area contributed by atoms with Crippen molar-refractivity contribution in [1.29, 1.82) is 0 Å². The molecule has 0 aliphatic rings. The molecule has 18 heavy (non-hydrogen) atoms. The number of hydrogen-bond acceptors (Lipinski definition) is 3. The van der Waals surface area contributed by atoms with E-state index in [0.717, 1.165) is 0 Å². The van der Waals surface area contributed by atoms with Crippen molar-refractivity contribution < 1.29 is 34.9 Å². The Morgan fingerprint density at radius 1 is 0.833 bits per heavy atom. The van der Waals surface area contributed by atoms with Gasteiger partial charge in [-0.2, -0.15) is 22.0 Å². The van der Waals surface area contributed by atoms with Crippen LogP contribution in [0.4, 0.5) is 22.0 Å². The number of unbranched alkanes of at least 4 members (excludes halogenated alkanes) is 3. The standard InChI is InChI=1S/C8H13F5O3S.H3N/c9-7(10,11)5-3-1-2-4-6-8(12,13)17(14,15)16;/h1-6H2,(H,14,15,16);1H3. The zero-order chi connectivity index (χ0) is 13.7. The SMILES string of the molecule is O=S(=O)([O-])C(F)(F)CCCCCCC(F)(F)F.[NH4+]. The Morgan fingerprint density at radius 2 is 1.22 bits per heavy atom. The fourth-order valence-corrected chi connectivity index (χ4v) is 1.53. The summed E-state index contributed by atoms with van der Waals surface area (Å²) in [6.07, 6.45) is -6.82. The Labute approximate surface area is 102 Å². The van der Waals surface area contributed by atoms with Gasteiger partial charge in [-0.1, -0.05) is 12.8 Å². The first kappa shape index (κ1) is 19.9. The molecule has 4 nitrogen and oxygen atoms in total. The van der Waals surface area contributed by atoms with E-state index in [4.69, 9.17) is 0 Å². The molecule has 0 aliphatic heterocycles. The molecule has 0 heterocycles. The van der Waals surface area contributed by atoms with E-state index in [0.29, 0.717) is 0 Å². The van der Waals surface area contributed by atoms with E-state index in [1.807, 2.05) is 0 Å². The maximum absolute atomic E-state index is 12.5. The van der Waals surface area contributed by atoms with Crippen LogP contribution in [0.2, 0.25) is 0 Å². The highest BCUT2D eigenvalue weighted by Gasteiger charge is 2.36. The van der Waals surface area contributed by atoms with Crippen LogP contribution in [0.15, 0.2) is 0 Å². The van der Waals surface area contributed by atoms with Crippen molar-refractivity contribution in [3.8, 4) is 0 Å². The average molecular weight is 301 g/mol. The first-order chi connectivity index (χ1) is 7.46. The molecule has 0 fully saturated rings. The number of quaternary nitrogens is 1. The molecule has 0 aromatic carbocycles. The molecule has 0 aliphatic carbocycles. The van der Waals surface area contributed by atoms with Crippen LogP contribution in [0.1, 0.15) is 38.5 Å². The molecule has 10 heteroatoms. The largest absolute Gasteiger partial charge is 0.743 e. The van der Waals surface area contributed by atoms with Gasteiger partial charge in [0.15, 0.2) is 10.1 Å². The normalized spacial score (nSPS) is 13.2. The van der Waals surface area contributed by atoms with Crippen LogP contribution in [0.5, 0.6) is 0 Å². The first-order valence-electron chi connectivity index (χ1n) is 4.86. The van der Waals surface area contributed by atoms with E-state index in [-0.39, 0.29) is 31.8 Å². The van der Waals surface area contributed by atoms with Gasteiger partial charge in [0.25, 0.3) is 0 Å². The summed E-state index contributed by atoms with van der Waals surface area (Å²) in [4.78, 5) is 0. The predicted octanol–water partition coefficient (Wildman–Crippen LogP) is 3.40. The van der Waals surface area contributed by atoms with E-state index in [1.54, 1.807) is 0 Å². The molecule has 0 unspecified atom stereocenters. The number of rotatable bonds is 7. The van der Waals surface area contributed by atoms with E-state index in [9.17, 15) is 34.9 Å². The molecule has 0 bridgehead atoms. The van der Waals surface area contributed by atoms with E-state index in [1.165, 1.54) is 0 Å². The summed E-state index contributed by atoms with van der Waals surface area (Å²) in [6.45, 7) is 0. The van der Waals surface area contributed by atoms with E-state index in [2.05, 4.69) is 0 Å². The zero-order valence-electron chi connectivity index (χ0n) is 9.77. The Morgan fingerprint density at radius 3 is 1.56 bits per heavy atom. The van der Waals surface area contributed by atoms with Crippen molar-refractivity contribution >= 4 is 10.1 Å². The van der Waals surface area contributed by atoms with Crippen molar-refractivity contribution in [2.75, 3.05) is 0 Å². The number of alkyl halides is 5. The minimum Gasteiger partial charge on any atom is -0.743 e. The predicted molar refractivity (Wildman–Crippen MR) is 54.4 cm³/mol. The van der Waals surface area contributed by atoms with Crippen LogP contribution in [-0.2, 0) is 10.1 Å². The van der Waals surface area contributed by atoms with E-state index >= 15 is 0 Å². The molecule has 4 N–H and O–H groups in total. The summed E-state index contributed by atoms with van der Waals surface area (Å²) in [5.41, 5.74) is 0. The van der Waals surface area contributed by atoms with Gasteiger partial charge in [0.2, 0.25) is 0 Å². The van der Waals surface area contributed by atoms with Crippen molar-refractivity contribution in [2.24, 2.45) is 0 Å². The monoisotopic (exact) mass is 301 g/mol. The smallest absolute Gasteiger partial charge is 0.389 e. The molecule has 0 saturated carbocycles. The van der Waals surface area contributed by atoms with Crippen LogP contribution in [0, 0.1) is 0 Å². The quantitative estimate of drug-likeness (QED) is 0.443. The average Bonchev–Trinajstić information content (AvgIpc) is 2.07. The molecule has 0 spiro atoms. The summed E-state index contributed by atoms with van der Waals surface area (Å²) < 4.78 is 90.3. The second-order valence-electron chi connectivity index (χ2n) is 3.62. The molecular formula is C8H16F5NO3S. The molecule has 0 aromatic rings. The third kappa shape index (κ3) is 8.59. The van der Waals surface area contributed by atoms with Crippen molar-refractivity contribution in [2.45, 2.75) is 50.0 Å². The van der Waals surface area contributed by atoms with Crippen LogP contribution >= 0.6 is 0 Å². The maximum atomic E-state index is 12.5. The van der Waals surface area contributed by atoms with Gasteiger partial charge in [0, 0.05) is 12.8 Å². The fourth-order valence-electron chi connectivity index (χ4n) is 1.13. The summed E-state index contributed by atoms with van der Waals surface area (Å²) in [7, 11) is -5.68. The first-order valence-corrected chi connectivity index (χ1v) is 6.26. The lowest BCUT2D eigenvalue weighted by Crippen LogP contribution is -2.28. The van der Waals surface area contributed by atoms with Crippen LogP contribution in [-0.4, -0.2) is 24.4 Å². The molecule has 0 rings (SSSR count). The van der Waals surface area contributed by atoms with Gasteiger partial charge in [-0.25, -0.2) is 8.42 Å². The van der Waals surface area contributed by atoms with Crippen LogP contribution < -0.4 is 6.15 Å². The Hall–Kier alpha value is -0.480. The maximum Gasteiger partial charge on any atom is 0.389 e. The highest BCUT2D eigenvalue weighted by Crippen LogP contribution is 2.28. The van der Waals surface area contributed by atoms with Gasteiger partial charge in [0.1, 0.15) is 0 Å². The number of halogens is 5. The Kier molecular flexibility index (Phi) is 7.93. The van der Waals surface area contributed by atoms with E-state index < -0.39 is 34.4 Å². The van der Waals surface area contributed by atoms with Crippen molar-refractivity contribution in [1.82, 2.24) is 6.15 Å². The topological polar surface area (TPSA) is 93.7 Å². The van der Waals surface area contributed by atoms with Crippen molar-refractivity contribution in [3.05, 3.63) is 0 Å². The molecule has 0 atom stereocenters. The second kappa shape index (κ2) is 7.19. The highest BCUT2D eigenvalue weighted by molar-refractivity contribution is 7.86. The summed E-state index contributed by atoms with van der Waals surface area (Å²) in [5.74, 6) is 0. The lowest BCUT2D eigenvalue weighted by Gasteiger charge is -2.19. The third-order valence-corrected chi connectivity index (χ3v) is 2.98. The summed E-state index contributed by atoms with van der Waals surface area (Å²) in [5, 5.41) is -4.34. The zero-order valence-corrected chi connectivity index (χ0v) is 10.6. The van der Waals surface area contributed by atoms with Gasteiger partial charge in [0.05, 0.1) is 0 Å². The van der Waals surface area contributed by atoms with Crippen molar-refractivity contribution in [3.63, 3.8) is 0 Å². The molecular weight excluding hydrogens is 285 g/mol. The Bertz CT molecular complexity index is 328. The van der Waals surface area contributed by atoms with Crippen LogP contribution in [0.3, 0.4) is 0 Å². The summed E-state index contributed by atoms with van der Waals surface area (Å²) >= 11 is 0. The summed E-state index contributed by atoms with van der Waals surface area (Å²) in [6, 6.07) is 0. The van der Waals surface area contributed by atoms with Gasteiger partial charge in [-0.3, -0.25) is 0 Å². The second-order valence-corrected chi connectivity index (χ2v) is 5.13. The lowest BCUT2D eigenvalue weighted by atomic mass is 10.1. The fraction of sp³-hybridized carbons (Fsp3) is 1.00. The van der Waals surface area contributed by atoms with Gasteiger partial charge >= 0.3 is 11.4 Å². The minimum atomic E-state index is -5.68. The van der Waals surface area contributed by atoms with Crippen LogP contribution in [0.25, 0.3) is 0 Å². The molecule has 112 valence electrons. The molecule has 0 saturated heterocycles. The third-order valence-electron chi connectivity index (χ3n) is 2.04. The number of hydrogen-bond donors (Lipinski definition) is 1. The molecule has 0 amide bonds. The minimum absolute atomic E-state index is 0. The molecule has 0 radical (unpaired) electrons. The van der Waals surface area contributed by atoms with Gasteiger partial charge in [-0.05, 0) is 12.8 Å². The lowest BCUT2D eigenvalue weighted by molar-refractivity contribution is -0.135. The molecule has 0 aromatic heterocycles. The Balaban J connectivity index is 0. The highest BCUT2D eigenvalue weighted by atomic mass is 32.2.